The van der Waals surface area contributed by atoms with E-state index < -0.39 is 18.4 Å². The van der Waals surface area contributed by atoms with Crippen LogP contribution >= 0.6 is 0 Å². The van der Waals surface area contributed by atoms with E-state index in [2.05, 4.69) is 56.5 Å². The molecule has 1 unspecified atom stereocenters. The first-order chi connectivity index (χ1) is 10.6. The molecule has 1 atom stereocenters. The average Bonchev–Trinajstić information content (AvgIpc) is 2.57. The van der Waals surface area contributed by atoms with E-state index in [1.165, 1.54) is 38.1 Å². The van der Waals surface area contributed by atoms with E-state index in [0.717, 1.165) is 0 Å². The number of unbranched alkanes of at least 4 members (excludes halogenated alkanes) is 1. The molecule has 0 N–H and O–H groups in total. The Morgan fingerprint density at radius 1 is 0.864 bits per heavy atom. The van der Waals surface area contributed by atoms with Crippen LogP contribution < -0.4 is 3.58 Å². The predicted octanol–water partition coefficient (Wildman–Crippen LogP) is 6.44. The van der Waals surface area contributed by atoms with Crippen LogP contribution in [0, 0.1) is 0 Å². The summed E-state index contributed by atoms with van der Waals surface area (Å²) in [5, 5.41) is 0. The molecule has 132 valence electrons. The Morgan fingerprint density at radius 3 is 1.59 bits per heavy atom. The third-order valence-electron chi connectivity index (χ3n) is 3.12. The summed E-state index contributed by atoms with van der Waals surface area (Å²) in [6.07, 6.45) is 10.9. The van der Waals surface area contributed by atoms with E-state index in [9.17, 15) is 0 Å². The van der Waals surface area contributed by atoms with Gasteiger partial charge in [-0.25, -0.2) is 0 Å². The van der Waals surface area contributed by atoms with E-state index in [4.69, 9.17) is 0 Å². The molecule has 3 heteroatoms. The van der Waals surface area contributed by atoms with Gasteiger partial charge in [-0.2, -0.15) is 0 Å². The fourth-order valence-corrected chi connectivity index (χ4v) is 10.1. The number of hydrogen-bond donors (Lipinski definition) is 0. The van der Waals surface area contributed by atoms with Gasteiger partial charge in [0, 0.05) is 0 Å². The van der Waals surface area contributed by atoms with E-state index in [-0.39, 0.29) is 0 Å². The molecule has 22 heavy (non-hydrogen) atoms. The molecule has 0 radical (unpaired) electrons. The summed E-state index contributed by atoms with van der Waals surface area (Å²) in [4.78, 5) is 10.8. The van der Waals surface area contributed by atoms with Gasteiger partial charge >= 0.3 is 91.1 Å². The molecule has 0 saturated carbocycles. The van der Waals surface area contributed by atoms with Gasteiger partial charge in [0.25, 0.3) is 0 Å². The van der Waals surface area contributed by atoms with Gasteiger partial charge in [0.1, 0.15) is 0 Å². The second-order valence-electron chi connectivity index (χ2n) is 5.56. The van der Waals surface area contributed by atoms with Gasteiger partial charge in [-0.05, 0) is 0 Å². The summed E-state index contributed by atoms with van der Waals surface area (Å²) in [6.45, 7) is 17.1. The van der Waals surface area contributed by atoms with Gasteiger partial charge in [-0.15, -0.1) is 0 Å². The summed E-state index contributed by atoms with van der Waals surface area (Å²) in [5.41, 5.74) is 0. The standard InChI is InChI=1S/C4H3N2.C4H9.2C3H8.C2H6.C2H5.CH3.Sn/c1-2-5-4-6-3-1;1-3-4-2;2*1-3-2;2*1-2;;/h2-4H;1,3-4H2,2H3;2*3H2,1-2H3;1-2H3;1H2,2H3;1H3;. The quantitative estimate of drug-likeness (QED) is 0.516. The van der Waals surface area contributed by atoms with E-state index in [1.54, 1.807) is 6.33 Å². The molecule has 0 aliphatic rings. The van der Waals surface area contributed by atoms with Crippen molar-refractivity contribution in [2.24, 2.45) is 0 Å². The first-order valence-electron chi connectivity index (χ1n) is 9.31. The minimum atomic E-state index is -2.02. The molecule has 0 fully saturated rings. The number of hydrogen-bond acceptors (Lipinski definition) is 2. The van der Waals surface area contributed by atoms with Crippen molar-refractivity contribution >= 4 is 22.0 Å². The van der Waals surface area contributed by atoms with Crippen molar-refractivity contribution in [3.63, 3.8) is 0 Å². The van der Waals surface area contributed by atoms with Gasteiger partial charge in [0.2, 0.25) is 0 Å². The van der Waals surface area contributed by atoms with Gasteiger partial charge in [0.15, 0.2) is 0 Å². The predicted molar refractivity (Wildman–Crippen MR) is 107 cm³/mol. The number of aromatic nitrogens is 2. The fraction of sp³-hybridized carbons (Fsp3) is 0.789. The second kappa shape index (κ2) is 20.9. The van der Waals surface area contributed by atoms with Crippen LogP contribution in [0.3, 0.4) is 0 Å². The minimum absolute atomic E-state index is 1.25. The van der Waals surface area contributed by atoms with Crippen molar-refractivity contribution in [2.45, 2.75) is 94.9 Å². The molecule has 0 saturated heterocycles. The Balaban J connectivity index is -0.000000382. The molecule has 0 aliphatic carbocycles. The molecule has 0 aromatic carbocycles. The fourth-order valence-electron chi connectivity index (χ4n) is 1.70. The van der Waals surface area contributed by atoms with Crippen molar-refractivity contribution in [3.05, 3.63) is 18.7 Å². The molecule has 1 rings (SSSR count). The summed E-state index contributed by atoms with van der Waals surface area (Å²) in [7, 11) is 0. The van der Waals surface area contributed by atoms with Crippen LogP contribution in [-0.4, -0.2) is 28.3 Å². The molecule has 0 bridgehead atoms. The van der Waals surface area contributed by atoms with Gasteiger partial charge in [-0.3, -0.25) is 0 Å². The molecular formula is C19H42N2Sn. The molecule has 0 spiro atoms. The van der Waals surface area contributed by atoms with Crippen LogP contribution in [0.5, 0.6) is 0 Å². The van der Waals surface area contributed by atoms with Crippen LogP contribution in [-0.2, 0) is 0 Å². The Bertz CT molecular complexity index is 289. The molecule has 1 aromatic heterocycles. The second-order valence-corrected chi connectivity index (χ2v) is 19.6. The van der Waals surface area contributed by atoms with Crippen molar-refractivity contribution in [1.29, 1.82) is 0 Å². The zero-order valence-corrected chi connectivity index (χ0v) is 19.7. The van der Waals surface area contributed by atoms with Crippen LogP contribution in [0.4, 0.5) is 0 Å². The normalized spacial score (nSPS) is 11.5. The van der Waals surface area contributed by atoms with Crippen molar-refractivity contribution in [2.75, 3.05) is 0 Å². The summed E-state index contributed by atoms with van der Waals surface area (Å²) >= 11 is -2.02. The molecule has 2 nitrogen and oxygen atoms in total. The SMILES string of the molecule is CC.CCC.CCC.CCC[CH2][Sn]([CH3])([CH2]C)[c]1cncnc1. The maximum atomic E-state index is 4.15. The molecule has 0 amide bonds. The zero-order chi connectivity index (χ0) is 17.9. The Labute approximate surface area is 145 Å². The summed E-state index contributed by atoms with van der Waals surface area (Å²) < 4.78 is 4.29. The Kier molecular flexibility index (Phi) is 25.4. The van der Waals surface area contributed by atoms with E-state index in [1.807, 2.05) is 26.2 Å². The third-order valence-corrected chi connectivity index (χ3v) is 16.4. The van der Waals surface area contributed by atoms with Crippen molar-refractivity contribution < 1.29 is 0 Å². The topological polar surface area (TPSA) is 25.8 Å². The van der Waals surface area contributed by atoms with Gasteiger partial charge < -0.3 is 0 Å². The van der Waals surface area contributed by atoms with E-state index >= 15 is 0 Å². The van der Waals surface area contributed by atoms with Gasteiger partial charge in [0.05, 0.1) is 0 Å². The third kappa shape index (κ3) is 14.8. The summed E-state index contributed by atoms with van der Waals surface area (Å²) in [6, 6.07) is 0. The molecular weight excluding hydrogens is 375 g/mol. The van der Waals surface area contributed by atoms with Crippen molar-refractivity contribution in [1.82, 2.24) is 9.97 Å². The summed E-state index contributed by atoms with van der Waals surface area (Å²) in [5.74, 6) is 0. The Hall–Kier alpha value is -0.121. The average molecular weight is 417 g/mol. The first-order valence-corrected chi connectivity index (χ1v) is 17.6. The van der Waals surface area contributed by atoms with Crippen LogP contribution in [0.2, 0.25) is 13.8 Å². The Morgan fingerprint density at radius 2 is 1.27 bits per heavy atom. The van der Waals surface area contributed by atoms with E-state index in [0.29, 0.717) is 0 Å². The van der Waals surface area contributed by atoms with Crippen LogP contribution in [0.15, 0.2) is 18.7 Å². The monoisotopic (exact) mass is 418 g/mol. The molecule has 0 aliphatic heterocycles. The molecule has 1 heterocycles. The maximum absolute atomic E-state index is 4.15. The van der Waals surface area contributed by atoms with Crippen LogP contribution in [0.25, 0.3) is 0 Å². The van der Waals surface area contributed by atoms with Gasteiger partial charge in [-0.1, -0.05) is 54.4 Å². The molecule has 1 aromatic rings. The number of nitrogens with zero attached hydrogens (tertiary/aromatic N) is 2. The number of rotatable bonds is 5. The van der Waals surface area contributed by atoms with Crippen LogP contribution in [0.1, 0.15) is 81.1 Å². The zero-order valence-electron chi connectivity index (χ0n) is 16.9. The van der Waals surface area contributed by atoms with Crippen molar-refractivity contribution in [3.8, 4) is 0 Å². The first kappa shape index (κ1) is 26.8.